The number of halogens is 3. The third-order valence-electron chi connectivity index (χ3n) is 1.45. The molecule has 0 saturated heterocycles. The van der Waals surface area contributed by atoms with Crippen LogP contribution in [-0.4, -0.2) is 4.98 Å². The number of nitrogen functional groups attached to an aromatic ring is 1. The number of nitrogens with zero attached hydrogens (tertiary/aromatic N) is 2. The van der Waals surface area contributed by atoms with Crippen LogP contribution < -0.4 is 5.73 Å². The SMILES string of the molecule is N#CCc1cc(N)cc(C(F)(F)F)n1. The van der Waals surface area contributed by atoms with E-state index < -0.39 is 11.9 Å². The van der Waals surface area contributed by atoms with Crippen molar-refractivity contribution in [2.45, 2.75) is 12.6 Å². The predicted molar refractivity (Wildman–Crippen MR) is 43.0 cm³/mol. The normalized spacial score (nSPS) is 11.0. The zero-order valence-corrected chi connectivity index (χ0v) is 6.97. The van der Waals surface area contributed by atoms with Gasteiger partial charge in [0.2, 0.25) is 0 Å². The molecule has 0 atom stereocenters. The Bertz CT molecular complexity index is 378. The lowest BCUT2D eigenvalue weighted by Gasteiger charge is -2.07. The quantitative estimate of drug-likeness (QED) is 0.752. The van der Waals surface area contributed by atoms with Gasteiger partial charge in [0.05, 0.1) is 18.2 Å². The first-order valence-electron chi connectivity index (χ1n) is 3.64. The van der Waals surface area contributed by atoms with Gasteiger partial charge in [0.15, 0.2) is 0 Å². The Morgan fingerprint density at radius 3 is 2.57 bits per heavy atom. The molecule has 0 aliphatic rings. The maximum atomic E-state index is 12.2. The van der Waals surface area contributed by atoms with Crippen molar-refractivity contribution in [2.24, 2.45) is 0 Å². The van der Waals surface area contributed by atoms with Gasteiger partial charge in [-0.15, -0.1) is 0 Å². The summed E-state index contributed by atoms with van der Waals surface area (Å²) >= 11 is 0. The van der Waals surface area contributed by atoms with E-state index in [4.69, 9.17) is 11.0 Å². The van der Waals surface area contributed by atoms with E-state index in [0.717, 1.165) is 6.07 Å². The molecular weight excluding hydrogens is 195 g/mol. The van der Waals surface area contributed by atoms with Gasteiger partial charge in [-0.2, -0.15) is 18.4 Å². The minimum absolute atomic E-state index is 0.0276. The minimum atomic E-state index is -4.53. The summed E-state index contributed by atoms with van der Waals surface area (Å²) in [5.74, 6) is 0. The molecule has 1 rings (SSSR count). The Hall–Kier alpha value is -1.77. The third kappa shape index (κ3) is 2.36. The van der Waals surface area contributed by atoms with E-state index in [1.54, 1.807) is 6.07 Å². The van der Waals surface area contributed by atoms with E-state index >= 15 is 0 Å². The van der Waals surface area contributed by atoms with Gasteiger partial charge in [-0.1, -0.05) is 0 Å². The summed E-state index contributed by atoms with van der Waals surface area (Å²) < 4.78 is 36.6. The topological polar surface area (TPSA) is 62.7 Å². The van der Waals surface area contributed by atoms with Crippen LogP contribution >= 0.6 is 0 Å². The van der Waals surface area contributed by atoms with Gasteiger partial charge in [-0.05, 0) is 12.1 Å². The molecule has 1 aromatic heterocycles. The van der Waals surface area contributed by atoms with Crippen LogP contribution in [0.15, 0.2) is 12.1 Å². The van der Waals surface area contributed by atoms with Gasteiger partial charge in [0, 0.05) is 5.69 Å². The number of anilines is 1. The molecule has 1 heterocycles. The van der Waals surface area contributed by atoms with Crippen molar-refractivity contribution in [1.82, 2.24) is 4.98 Å². The molecule has 0 saturated carbocycles. The molecule has 0 amide bonds. The van der Waals surface area contributed by atoms with Gasteiger partial charge in [-0.25, -0.2) is 4.98 Å². The van der Waals surface area contributed by atoms with Gasteiger partial charge in [0.1, 0.15) is 5.69 Å². The summed E-state index contributed by atoms with van der Waals surface area (Å²) in [6.45, 7) is 0. The lowest BCUT2D eigenvalue weighted by Crippen LogP contribution is -2.10. The highest BCUT2D eigenvalue weighted by Crippen LogP contribution is 2.29. The minimum Gasteiger partial charge on any atom is -0.399 e. The van der Waals surface area contributed by atoms with Crippen LogP contribution in [0.5, 0.6) is 0 Å². The highest BCUT2D eigenvalue weighted by Gasteiger charge is 2.32. The van der Waals surface area contributed by atoms with E-state index in [9.17, 15) is 13.2 Å². The van der Waals surface area contributed by atoms with E-state index in [2.05, 4.69) is 4.98 Å². The summed E-state index contributed by atoms with van der Waals surface area (Å²) in [5.41, 5.74) is 4.15. The van der Waals surface area contributed by atoms with Crippen LogP contribution in [0.1, 0.15) is 11.4 Å². The van der Waals surface area contributed by atoms with Crippen LogP contribution in [-0.2, 0) is 12.6 Å². The fourth-order valence-electron chi connectivity index (χ4n) is 0.928. The number of alkyl halides is 3. The number of hydrogen-bond donors (Lipinski definition) is 1. The van der Waals surface area contributed by atoms with Gasteiger partial charge in [0.25, 0.3) is 0 Å². The van der Waals surface area contributed by atoms with Crippen molar-refractivity contribution in [1.29, 1.82) is 5.26 Å². The fraction of sp³-hybridized carbons (Fsp3) is 0.250. The molecule has 14 heavy (non-hydrogen) atoms. The summed E-state index contributed by atoms with van der Waals surface area (Å²) in [7, 11) is 0. The Balaban J connectivity index is 3.15. The molecular formula is C8H6F3N3. The summed E-state index contributed by atoms with van der Waals surface area (Å²) in [6.07, 6.45) is -4.71. The molecule has 0 aliphatic heterocycles. The van der Waals surface area contributed by atoms with Crippen molar-refractivity contribution in [3.63, 3.8) is 0 Å². The molecule has 0 unspecified atom stereocenters. The van der Waals surface area contributed by atoms with Crippen molar-refractivity contribution in [3.8, 4) is 6.07 Å². The van der Waals surface area contributed by atoms with Gasteiger partial charge in [-0.3, -0.25) is 0 Å². The van der Waals surface area contributed by atoms with Crippen molar-refractivity contribution in [2.75, 3.05) is 5.73 Å². The smallest absolute Gasteiger partial charge is 0.399 e. The number of rotatable bonds is 1. The largest absolute Gasteiger partial charge is 0.433 e. The molecule has 1 aromatic rings. The van der Waals surface area contributed by atoms with Gasteiger partial charge < -0.3 is 5.73 Å². The Morgan fingerprint density at radius 2 is 2.07 bits per heavy atom. The zero-order valence-electron chi connectivity index (χ0n) is 6.97. The second-order valence-electron chi connectivity index (χ2n) is 2.61. The van der Waals surface area contributed by atoms with Crippen LogP contribution in [0.25, 0.3) is 0 Å². The number of nitriles is 1. The van der Waals surface area contributed by atoms with Gasteiger partial charge >= 0.3 is 6.18 Å². The molecule has 2 N–H and O–H groups in total. The van der Waals surface area contributed by atoms with Crippen molar-refractivity contribution >= 4 is 5.69 Å². The molecule has 0 bridgehead atoms. The molecule has 74 valence electrons. The Morgan fingerprint density at radius 1 is 1.43 bits per heavy atom. The molecule has 0 radical (unpaired) electrons. The van der Waals surface area contributed by atoms with Crippen molar-refractivity contribution < 1.29 is 13.2 Å². The summed E-state index contributed by atoms with van der Waals surface area (Å²) in [6, 6.07) is 3.69. The first-order chi connectivity index (χ1) is 6.43. The lowest BCUT2D eigenvalue weighted by atomic mass is 10.2. The number of pyridine rings is 1. The highest BCUT2D eigenvalue weighted by atomic mass is 19.4. The summed E-state index contributed by atoms with van der Waals surface area (Å²) in [4.78, 5) is 3.27. The zero-order chi connectivity index (χ0) is 10.8. The second-order valence-corrected chi connectivity index (χ2v) is 2.61. The fourth-order valence-corrected chi connectivity index (χ4v) is 0.928. The highest BCUT2D eigenvalue weighted by molar-refractivity contribution is 5.41. The maximum Gasteiger partial charge on any atom is 0.433 e. The van der Waals surface area contributed by atoms with Crippen LogP contribution in [0.3, 0.4) is 0 Å². The van der Waals surface area contributed by atoms with Crippen LogP contribution in [0.2, 0.25) is 0 Å². The first-order valence-corrected chi connectivity index (χ1v) is 3.64. The number of aromatic nitrogens is 1. The molecule has 0 aromatic carbocycles. The average Bonchev–Trinajstić information content (AvgIpc) is 2.02. The van der Waals surface area contributed by atoms with E-state index in [0.29, 0.717) is 0 Å². The van der Waals surface area contributed by atoms with Crippen LogP contribution in [0, 0.1) is 11.3 Å². The predicted octanol–water partition coefficient (Wildman–Crippen LogP) is 1.75. The standard InChI is InChI=1S/C8H6F3N3/c9-8(10,11)7-4-5(13)3-6(14-7)1-2-12/h3-4H,1H2,(H2,13,14). The van der Waals surface area contributed by atoms with E-state index in [1.807, 2.05) is 0 Å². The first kappa shape index (κ1) is 10.3. The van der Waals surface area contributed by atoms with E-state index in [-0.39, 0.29) is 17.8 Å². The molecule has 0 fully saturated rings. The van der Waals surface area contributed by atoms with E-state index in [1.165, 1.54) is 6.07 Å². The average molecular weight is 201 g/mol. The monoisotopic (exact) mass is 201 g/mol. The molecule has 3 nitrogen and oxygen atoms in total. The Kier molecular flexibility index (Phi) is 2.60. The molecule has 0 aliphatic carbocycles. The maximum absolute atomic E-state index is 12.2. The lowest BCUT2D eigenvalue weighted by molar-refractivity contribution is -0.141. The van der Waals surface area contributed by atoms with Crippen molar-refractivity contribution in [3.05, 3.63) is 23.5 Å². The molecule has 6 heteroatoms. The molecule has 0 spiro atoms. The summed E-state index contributed by atoms with van der Waals surface area (Å²) in [5, 5.41) is 8.29. The Labute approximate surface area is 78.0 Å². The number of hydrogen-bond acceptors (Lipinski definition) is 3. The second kappa shape index (κ2) is 3.54. The number of nitrogens with two attached hydrogens (primary N) is 1. The third-order valence-corrected chi connectivity index (χ3v) is 1.45. The van der Waals surface area contributed by atoms with Crippen LogP contribution in [0.4, 0.5) is 18.9 Å².